The molecular weight excluding hydrogens is 355 g/mol. The number of piperidine rings is 1. The fourth-order valence-electron chi connectivity index (χ4n) is 3.33. The molecule has 0 spiro atoms. The first-order valence-corrected chi connectivity index (χ1v) is 9.54. The van der Waals surface area contributed by atoms with Gasteiger partial charge in [0.2, 0.25) is 5.91 Å². The molecule has 4 nitrogen and oxygen atoms in total. The lowest BCUT2D eigenvalue weighted by Gasteiger charge is -2.32. The van der Waals surface area contributed by atoms with Crippen molar-refractivity contribution in [3.05, 3.63) is 35.4 Å². The Bertz CT molecular complexity index is 579. The van der Waals surface area contributed by atoms with Crippen LogP contribution in [0, 0.1) is 5.92 Å². The Labute approximate surface area is 159 Å². The summed E-state index contributed by atoms with van der Waals surface area (Å²) in [6.45, 7) is 4.04. The lowest BCUT2D eigenvalue weighted by atomic mass is 9.92. The molecule has 7 heteroatoms. The molecule has 1 aromatic rings. The quantitative estimate of drug-likeness (QED) is 0.745. The predicted octanol–water partition coefficient (Wildman–Crippen LogP) is 3.38. The van der Waals surface area contributed by atoms with E-state index >= 15 is 0 Å². The number of halogens is 3. The van der Waals surface area contributed by atoms with Crippen LogP contribution in [0.1, 0.15) is 36.8 Å². The average molecular weight is 385 g/mol. The van der Waals surface area contributed by atoms with Crippen molar-refractivity contribution in [2.75, 3.05) is 40.3 Å². The number of likely N-dealkylation sites (N-methyl/N-ethyl adjacent to an activating group) is 1. The first-order valence-electron chi connectivity index (χ1n) is 9.54. The number of nitrogens with one attached hydrogen (secondary N) is 1. The molecule has 1 fully saturated rings. The Hall–Kier alpha value is -1.60. The summed E-state index contributed by atoms with van der Waals surface area (Å²) in [6.07, 6.45) is -0.744. The minimum Gasteiger partial charge on any atom is -0.355 e. The van der Waals surface area contributed by atoms with Gasteiger partial charge in [0.05, 0.1) is 5.56 Å². The summed E-state index contributed by atoms with van der Waals surface area (Å²) in [4.78, 5) is 16.2. The van der Waals surface area contributed by atoms with Gasteiger partial charge in [0, 0.05) is 26.1 Å². The maximum atomic E-state index is 12.6. The van der Waals surface area contributed by atoms with Crippen LogP contribution in [0.25, 0.3) is 0 Å². The number of rotatable bonds is 8. The highest BCUT2D eigenvalue weighted by Gasteiger charge is 2.30. The number of alkyl halides is 3. The highest BCUT2D eigenvalue weighted by atomic mass is 19.4. The molecule has 0 aromatic heterocycles. The predicted molar refractivity (Wildman–Crippen MR) is 100 cm³/mol. The summed E-state index contributed by atoms with van der Waals surface area (Å²) >= 11 is 0. The lowest BCUT2D eigenvalue weighted by molar-refractivity contribution is -0.137. The molecule has 0 radical (unpaired) electrons. The Kier molecular flexibility index (Phi) is 8.10. The smallest absolute Gasteiger partial charge is 0.355 e. The normalized spacial score (nSPS) is 16.7. The van der Waals surface area contributed by atoms with E-state index in [0.29, 0.717) is 25.4 Å². The third-order valence-corrected chi connectivity index (χ3v) is 5.06. The van der Waals surface area contributed by atoms with Crippen molar-refractivity contribution in [2.45, 2.75) is 38.4 Å². The summed E-state index contributed by atoms with van der Waals surface area (Å²) in [7, 11) is 3.95. The van der Waals surface area contributed by atoms with E-state index in [-0.39, 0.29) is 5.91 Å². The molecule has 1 aliphatic rings. The van der Waals surface area contributed by atoms with Gasteiger partial charge in [-0.15, -0.1) is 0 Å². The molecular formula is C20H30F3N3O. The van der Waals surface area contributed by atoms with E-state index in [0.717, 1.165) is 56.6 Å². The number of nitrogens with zero attached hydrogens (tertiary/aromatic N) is 2. The molecule has 1 saturated heterocycles. The monoisotopic (exact) mass is 385 g/mol. The van der Waals surface area contributed by atoms with Gasteiger partial charge in [0.1, 0.15) is 0 Å². The highest BCUT2D eigenvalue weighted by molar-refractivity contribution is 5.75. The largest absolute Gasteiger partial charge is 0.416 e. The Morgan fingerprint density at radius 1 is 1.19 bits per heavy atom. The van der Waals surface area contributed by atoms with E-state index in [9.17, 15) is 18.0 Å². The highest BCUT2D eigenvalue weighted by Crippen LogP contribution is 2.29. The third kappa shape index (κ3) is 7.89. The van der Waals surface area contributed by atoms with Crippen molar-refractivity contribution >= 4 is 5.91 Å². The molecule has 0 aliphatic carbocycles. The van der Waals surface area contributed by atoms with Crippen LogP contribution < -0.4 is 5.32 Å². The van der Waals surface area contributed by atoms with Gasteiger partial charge < -0.3 is 10.2 Å². The van der Waals surface area contributed by atoms with E-state index in [4.69, 9.17) is 0 Å². The zero-order valence-electron chi connectivity index (χ0n) is 16.2. The van der Waals surface area contributed by atoms with E-state index in [1.165, 1.54) is 0 Å². The van der Waals surface area contributed by atoms with Gasteiger partial charge in [-0.1, -0.05) is 12.1 Å². The second kappa shape index (κ2) is 10.1. The van der Waals surface area contributed by atoms with Crippen LogP contribution in [0.3, 0.4) is 0 Å². The van der Waals surface area contributed by atoms with Crippen LogP contribution in [0.15, 0.2) is 24.3 Å². The van der Waals surface area contributed by atoms with Crippen LogP contribution in [0.2, 0.25) is 0 Å². The molecule has 0 bridgehead atoms. The fourth-order valence-corrected chi connectivity index (χ4v) is 3.33. The zero-order valence-corrected chi connectivity index (χ0v) is 16.2. The number of likely N-dealkylation sites (tertiary alicyclic amines) is 1. The van der Waals surface area contributed by atoms with Crippen molar-refractivity contribution in [1.82, 2.24) is 15.1 Å². The zero-order chi connectivity index (χ0) is 19.9. The number of hydrogen-bond acceptors (Lipinski definition) is 3. The van der Waals surface area contributed by atoms with Crippen molar-refractivity contribution in [3.63, 3.8) is 0 Å². The van der Waals surface area contributed by atoms with Crippen LogP contribution in [-0.2, 0) is 17.5 Å². The second-order valence-corrected chi connectivity index (χ2v) is 7.61. The Balaban J connectivity index is 1.66. The maximum absolute atomic E-state index is 12.6. The summed E-state index contributed by atoms with van der Waals surface area (Å²) < 4.78 is 37.8. The topological polar surface area (TPSA) is 35.6 Å². The first-order chi connectivity index (χ1) is 12.7. The standard InChI is InChI=1S/C20H30F3N3O/c1-25(2)14-11-24-19(27)8-5-16-9-12-26(13-10-16)15-17-3-6-18(7-4-17)20(21,22)23/h3-4,6-7,16H,5,8-15H2,1-2H3,(H,24,27). The van der Waals surface area contributed by atoms with Crippen molar-refractivity contribution in [3.8, 4) is 0 Å². The molecule has 1 heterocycles. The minimum atomic E-state index is -4.28. The first kappa shape index (κ1) is 21.7. The summed E-state index contributed by atoms with van der Waals surface area (Å²) in [5.74, 6) is 0.664. The molecule has 1 amide bonds. The molecule has 0 unspecified atom stereocenters. The lowest BCUT2D eigenvalue weighted by Crippen LogP contribution is -2.34. The van der Waals surface area contributed by atoms with Gasteiger partial charge in [-0.2, -0.15) is 13.2 Å². The average Bonchev–Trinajstić information content (AvgIpc) is 2.60. The van der Waals surface area contributed by atoms with Crippen LogP contribution >= 0.6 is 0 Å². The summed E-state index contributed by atoms with van der Waals surface area (Å²) in [5, 5.41) is 2.94. The molecule has 1 N–H and O–H groups in total. The molecule has 2 rings (SSSR count). The van der Waals surface area contributed by atoms with Crippen LogP contribution in [-0.4, -0.2) is 56.0 Å². The number of hydrogen-bond donors (Lipinski definition) is 1. The van der Waals surface area contributed by atoms with Gasteiger partial charge in [0.25, 0.3) is 0 Å². The van der Waals surface area contributed by atoms with Gasteiger partial charge in [0.15, 0.2) is 0 Å². The summed E-state index contributed by atoms with van der Waals surface area (Å²) in [5.41, 5.74) is 0.301. The number of benzene rings is 1. The van der Waals surface area contributed by atoms with Crippen molar-refractivity contribution in [2.24, 2.45) is 5.92 Å². The second-order valence-electron chi connectivity index (χ2n) is 7.61. The van der Waals surface area contributed by atoms with E-state index in [1.807, 2.05) is 19.0 Å². The minimum absolute atomic E-state index is 0.115. The van der Waals surface area contributed by atoms with Gasteiger partial charge in [-0.3, -0.25) is 9.69 Å². The number of carbonyl (C=O) groups is 1. The SMILES string of the molecule is CN(C)CCNC(=O)CCC1CCN(Cc2ccc(C(F)(F)F)cc2)CC1. The Morgan fingerprint density at radius 2 is 1.81 bits per heavy atom. The Morgan fingerprint density at radius 3 is 2.37 bits per heavy atom. The van der Waals surface area contributed by atoms with Gasteiger partial charge in [-0.05, 0) is 70.1 Å². The third-order valence-electron chi connectivity index (χ3n) is 5.06. The van der Waals surface area contributed by atoms with Crippen LogP contribution in [0.5, 0.6) is 0 Å². The number of amides is 1. The van der Waals surface area contributed by atoms with Crippen molar-refractivity contribution < 1.29 is 18.0 Å². The van der Waals surface area contributed by atoms with Crippen LogP contribution in [0.4, 0.5) is 13.2 Å². The maximum Gasteiger partial charge on any atom is 0.416 e. The molecule has 1 aromatic carbocycles. The van der Waals surface area contributed by atoms with Gasteiger partial charge >= 0.3 is 6.18 Å². The molecule has 27 heavy (non-hydrogen) atoms. The van der Waals surface area contributed by atoms with E-state index in [2.05, 4.69) is 10.2 Å². The van der Waals surface area contributed by atoms with Crippen molar-refractivity contribution in [1.29, 1.82) is 0 Å². The number of carbonyl (C=O) groups excluding carboxylic acids is 1. The summed E-state index contributed by atoms with van der Waals surface area (Å²) in [6, 6.07) is 5.42. The van der Waals surface area contributed by atoms with E-state index in [1.54, 1.807) is 12.1 Å². The molecule has 152 valence electrons. The molecule has 0 atom stereocenters. The van der Waals surface area contributed by atoms with E-state index < -0.39 is 11.7 Å². The molecule has 1 aliphatic heterocycles. The van der Waals surface area contributed by atoms with Gasteiger partial charge in [-0.25, -0.2) is 0 Å². The fraction of sp³-hybridized carbons (Fsp3) is 0.650. The molecule has 0 saturated carbocycles.